The van der Waals surface area contributed by atoms with Crippen LogP contribution in [0.25, 0.3) is 17.3 Å². The first kappa shape index (κ1) is 16.5. The van der Waals surface area contributed by atoms with Gasteiger partial charge in [0.1, 0.15) is 11.6 Å². The third-order valence-corrected chi connectivity index (χ3v) is 4.23. The van der Waals surface area contributed by atoms with E-state index >= 15 is 0 Å². The van der Waals surface area contributed by atoms with Crippen LogP contribution in [-0.4, -0.2) is 62.9 Å². The maximum atomic E-state index is 13.6. The molecule has 1 aromatic carbocycles. The van der Waals surface area contributed by atoms with Gasteiger partial charge in [-0.3, -0.25) is 0 Å². The fourth-order valence-corrected chi connectivity index (χ4v) is 2.80. The van der Waals surface area contributed by atoms with Gasteiger partial charge in [0.25, 0.3) is 5.95 Å². The molecule has 26 heavy (non-hydrogen) atoms. The van der Waals surface area contributed by atoms with E-state index in [0.717, 1.165) is 32.2 Å². The van der Waals surface area contributed by atoms with Crippen LogP contribution in [0.3, 0.4) is 0 Å². The van der Waals surface area contributed by atoms with Crippen molar-refractivity contribution in [3.05, 3.63) is 48.3 Å². The standard InChI is InChI=1S/C17H17F2N7/c1-24-5-7-25(8-6-24)16-21-15(12-9-13(18)11-14(19)10-12)22-17(23-16)26-4-2-3-20-26/h2-4,9-11H,5-8H2,1H3. The quantitative estimate of drug-likeness (QED) is 0.712. The van der Waals surface area contributed by atoms with Crippen LogP contribution >= 0.6 is 0 Å². The minimum Gasteiger partial charge on any atom is -0.338 e. The minimum absolute atomic E-state index is 0.206. The molecule has 2 aromatic heterocycles. The van der Waals surface area contributed by atoms with Gasteiger partial charge in [-0.15, -0.1) is 0 Å². The Morgan fingerprint density at radius 3 is 2.23 bits per heavy atom. The zero-order valence-electron chi connectivity index (χ0n) is 14.2. The molecule has 9 heteroatoms. The summed E-state index contributed by atoms with van der Waals surface area (Å²) >= 11 is 0. The largest absolute Gasteiger partial charge is 0.338 e. The van der Waals surface area contributed by atoms with Crippen LogP contribution in [-0.2, 0) is 0 Å². The first-order valence-electron chi connectivity index (χ1n) is 8.24. The predicted molar refractivity (Wildman–Crippen MR) is 92.0 cm³/mol. The molecule has 4 rings (SSSR count). The molecule has 1 fully saturated rings. The molecule has 1 aliphatic heterocycles. The molecule has 7 nitrogen and oxygen atoms in total. The van der Waals surface area contributed by atoms with Crippen molar-refractivity contribution in [2.24, 2.45) is 0 Å². The van der Waals surface area contributed by atoms with Gasteiger partial charge >= 0.3 is 0 Å². The molecule has 3 aromatic rings. The van der Waals surface area contributed by atoms with Crippen LogP contribution in [0.15, 0.2) is 36.7 Å². The minimum atomic E-state index is -0.679. The van der Waals surface area contributed by atoms with Crippen LogP contribution in [0.1, 0.15) is 0 Å². The lowest BCUT2D eigenvalue weighted by atomic mass is 10.2. The summed E-state index contributed by atoms with van der Waals surface area (Å²) in [5.74, 6) is -0.376. The van der Waals surface area contributed by atoms with Gasteiger partial charge in [0.15, 0.2) is 5.82 Å². The maximum Gasteiger partial charge on any atom is 0.255 e. The van der Waals surface area contributed by atoms with Gasteiger partial charge in [-0.25, -0.2) is 13.5 Å². The average molecular weight is 357 g/mol. The van der Waals surface area contributed by atoms with E-state index in [1.165, 1.54) is 16.8 Å². The number of benzene rings is 1. The van der Waals surface area contributed by atoms with Crippen LogP contribution < -0.4 is 4.90 Å². The van der Waals surface area contributed by atoms with Gasteiger partial charge in [-0.05, 0) is 25.2 Å². The molecular weight excluding hydrogens is 340 g/mol. The van der Waals surface area contributed by atoms with Crippen LogP contribution in [0.2, 0.25) is 0 Å². The van der Waals surface area contributed by atoms with Crippen molar-refractivity contribution in [2.45, 2.75) is 0 Å². The lowest BCUT2D eigenvalue weighted by Gasteiger charge is -2.32. The summed E-state index contributed by atoms with van der Waals surface area (Å²) in [6.45, 7) is 3.28. The number of hydrogen-bond acceptors (Lipinski definition) is 6. The molecule has 1 saturated heterocycles. The molecule has 1 aliphatic rings. The van der Waals surface area contributed by atoms with E-state index in [4.69, 9.17) is 0 Å². The second-order valence-corrected chi connectivity index (χ2v) is 6.16. The van der Waals surface area contributed by atoms with Gasteiger partial charge < -0.3 is 9.80 Å². The van der Waals surface area contributed by atoms with E-state index in [2.05, 4.69) is 32.0 Å². The number of hydrogen-bond donors (Lipinski definition) is 0. The molecule has 0 atom stereocenters. The van der Waals surface area contributed by atoms with E-state index in [0.29, 0.717) is 11.9 Å². The van der Waals surface area contributed by atoms with Crippen LogP contribution in [0.5, 0.6) is 0 Å². The SMILES string of the molecule is CN1CCN(c2nc(-c3cc(F)cc(F)c3)nc(-n3cccn3)n2)CC1. The maximum absolute atomic E-state index is 13.6. The van der Waals surface area contributed by atoms with E-state index in [1.54, 1.807) is 18.5 Å². The Morgan fingerprint density at radius 2 is 1.58 bits per heavy atom. The number of piperazine rings is 1. The van der Waals surface area contributed by atoms with E-state index < -0.39 is 11.6 Å². The Kier molecular flexibility index (Phi) is 4.29. The first-order valence-corrected chi connectivity index (χ1v) is 8.24. The summed E-state index contributed by atoms with van der Waals surface area (Å²) in [4.78, 5) is 17.5. The highest BCUT2D eigenvalue weighted by Crippen LogP contribution is 2.22. The molecule has 0 aliphatic carbocycles. The Bertz CT molecular complexity index is 885. The fourth-order valence-electron chi connectivity index (χ4n) is 2.80. The van der Waals surface area contributed by atoms with Gasteiger partial charge in [-0.1, -0.05) is 0 Å². The smallest absolute Gasteiger partial charge is 0.255 e. The third kappa shape index (κ3) is 3.38. The third-order valence-electron chi connectivity index (χ3n) is 4.23. The van der Waals surface area contributed by atoms with Gasteiger partial charge in [-0.2, -0.15) is 20.1 Å². The van der Waals surface area contributed by atoms with Crippen molar-refractivity contribution in [1.29, 1.82) is 0 Å². The summed E-state index contributed by atoms with van der Waals surface area (Å²) in [5, 5.41) is 4.14. The number of nitrogens with zero attached hydrogens (tertiary/aromatic N) is 7. The Morgan fingerprint density at radius 1 is 0.885 bits per heavy atom. The van der Waals surface area contributed by atoms with Gasteiger partial charge in [0.05, 0.1) is 0 Å². The zero-order valence-corrected chi connectivity index (χ0v) is 14.2. The van der Waals surface area contributed by atoms with Crippen LogP contribution in [0.4, 0.5) is 14.7 Å². The molecule has 0 spiro atoms. The Labute approximate surface area is 148 Å². The van der Waals surface area contributed by atoms with Gasteiger partial charge in [0.2, 0.25) is 5.95 Å². The normalized spacial score (nSPS) is 15.4. The van der Waals surface area contributed by atoms with Gasteiger partial charge in [0, 0.05) is 50.2 Å². The van der Waals surface area contributed by atoms with Crippen molar-refractivity contribution in [1.82, 2.24) is 29.6 Å². The molecule has 0 unspecified atom stereocenters. The summed E-state index contributed by atoms with van der Waals surface area (Å²) in [5.41, 5.74) is 0.258. The van der Waals surface area contributed by atoms with E-state index in [9.17, 15) is 8.78 Å². The number of halogens is 2. The summed E-state index contributed by atoms with van der Waals surface area (Å²) in [7, 11) is 2.06. The highest BCUT2D eigenvalue weighted by molar-refractivity contribution is 5.57. The summed E-state index contributed by atoms with van der Waals surface area (Å²) in [6.07, 6.45) is 3.32. The Balaban J connectivity index is 1.80. The van der Waals surface area contributed by atoms with Crippen molar-refractivity contribution in [2.75, 3.05) is 38.1 Å². The number of anilines is 1. The lowest BCUT2D eigenvalue weighted by molar-refractivity contribution is 0.311. The molecular formula is C17H17F2N7. The average Bonchev–Trinajstić information content (AvgIpc) is 3.16. The molecule has 0 saturated carbocycles. The molecule has 0 radical (unpaired) electrons. The second kappa shape index (κ2) is 6.75. The summed E-state index contributed by atoms with van der Waals surface area (Å²) in [6, 6.07) is 4.99. The molecule has 0 N–H and O–H groups in total. The van der Waals surface area contributed by atoms with Crippen molar-refractivity contribution < 1.29 is 8.78 Å². The molecule has 3 heterocycles. The highest BCUT2D eigenvalue weighted by Gasteiger charge is 2.20. The predicted octanol–water partition coefficient (Wildman–Crippen LogP) is 1.75. The second-order valence-electron chi connectivity index (χ2n) is 6.16. The molecule has 0 bridgehead atoms. The van der Waals surface area contributed by atoms with E-state index in [1.807, 2.05) is 4.90 Å². The topological polar surface area (TPSA) is 63.0 Å². The van der Waals surface area contributed by atoms with Crippen LogP contribution in [0, 0.1) is 11.6 Å². The first-order chi connectivity index (χ1) is 12.6. The monoisotopic (exact) mass is 357 g/mol. The summed E-state index contributed by atoms with van der Waals surface area (Å²) < 4.78 is 28.8. The van der Waals surface area contributed by atoms with Crippen molar-refractivity contribution in [3.63, 3.8) is 0 Å². The fraction of sp³-hybridized carbons (Fsp3) is 0.294. The molecule has 0 amide bonds. The Hall–Kier alpha value is -2.94. The zero-order chi connectivity index (χ0) is 18.1. The molecule has 134 valence electrons. The van der Waals surface area contributed by atoms with E-state index in [-0.39, 0.29) is 11.4 Å². The number of likely N-dealkylation sites (N-methyl/N-ethyl adjacent to an activating group) is 1. The van der Waals surface area contributed by atoms with Crippen molar-refractivity contribution >= 4 is 5.95 Å². The number of aromatic nitrogens is 5. The lowest BCUT2D eigenvalue weighted by Crippen LogP contribution is -2.45. The number of rotatable bonds is 3. The highest BCUT2D eigenvalue weighted by atomic mass is 19.1. The van der Waals surface area contributed by atoms with Crippen molar-refractivity contribution in [3.8, 4) is 17.3 Å².